The topological polar surface area (TPSA) is 96.6 Å². The van der Waals surface area contributed by atoms with Crippen LogP contribution in [0, 0.1) is 6.92 Å². The van der Waals surface area contributed by atoms with Crippen molar-refractivity contribution >= 4 is 37.5 Å². The minimum absolute atomic E-state index is 0.160. The molecule has 7 heteroatoms. The number of anilines is 1. The molecule has 6 nitrogen and oxygen atoms in total. The van der Waals surface area contributed by atoms with Crippen molar-refractivity contribution in [3.8, 4) is 5.75 Å². The van der Waals surface area contributed by atoms with Gasteiger partial charge in [0, 0.05) is 11.1 Å². The standard InChI is InChI=1S/C20H15NO5S/c1-12-6-9-19(15-5-3-2-4-14(12)15)27(24,25)21-13-7-8-18-16(10-13)17(22)11-20(23)26-18/h2-11,21-22H,1H3. The maximum Gasteiger partial charge on any atom is 0.339 e. The summed E-state index contributed by atoms with van der Waals surface area (Å²) in [5, 5.41) is 11.7. The molecule has 0 fully saturated rings. The van der Waals surface area contributed by atoms with Crippen LogP contribution < -0.4 is 10.3 Å². The van der Waals surface area contributed by atoms with Crippen LogP contribution in [0.5, 0.6) is 5.75 Å². The third-order valence-electron chi connectivity index (χ3n) is 4.36. The summed E-state index contributed by atoms with van der Waals surface area (Å²) in [7, 11) is -3.87. The third kappa shape index (κ3) is 3.02. The van der Waals surface area contributed by atoms with Crippen LogP contribution in [0.1, 0.15) is 5.56 Å². The highest BCUT2D eigenvalue weighted by Gasteiger charge is 2.19. The van der Waals surface area contributed by atoms with Crippen molar-refractivity contribution in [3.05, 3.63) is 76.6 Å². The van der Waals surface area contributed by atoms with Gasteiger partial charge in [-0.05, 0) is 42.1 Å². The van der Waals surface area contributed by atoms with Gasteiger partial charge in [-0.15, -0.1) is 0 Å². The predicted octanol–water partition coefficient (Wildman–Crippen LogP) is 3.76. The van der Waals surface area contributed by atoms with Crippen molar-refractivity contribution in [1.29, 1.82) is 0 Å². The number of hydrogen-bond donors (Lipinski definition) is 2. The molecule has 3 aromatic carbocycles. The van der Waals surface area contributed by atoms with Crippen LogP contribution in [0.15, 0.2) is 74.8 Å². The van der Waals surface area contributed by atoms with E-state index in [2.05, 4.69) is 4.72 Å². The van der Waals surface area contributed by atoms with Crippen molar-refractivity contribution < 1.29 is 17.9 Å². The van der Waals surface area contributed by atoms with Gasteiger partial charge in [0.05, 0.1) is 16.3 Å². The van der Waals surface area contributed by atoms with Gasteiger partial charge in [0.25, 0.3) is 10.0 Å². The monoisotopic (exact) mass is 381 g/mol. The molecule has 0 aliphatic rings. The van der Waals surface area contributed by atoms with E-state index in [0.29, 0.717) is 5.39 Å². The van der Waals surface area contributed by atoms with Gasteiger partial charge in [0.2, 0.25) is 0 Å². The van der Waals surface area contributed by atoms with E-state index in [1.165, 1.54) is 18.2 Å². The predicted molar refractivity (Wildman–Crippen MR) is 104 cm³/mol. The highest BCUT2D eigenvalue weighted by Crippen LogP contribution is 2.30. The van der Waals surface area contributed by atoms with Crippen LogP contribution in [0.3, 0.4) is 0 Å². The molecule has 0 amide bonds. The molecule has 2 N–H and O–H groups in total. The Hall–Kier alpha value is -3.32. The summed E-state index contributed by atoms with van der Waals surface area (Å²) >= 11 is 0. The molecule has 0 aliphatic carbocycles. The Morgan fingerprint density at radius 2 is 1.67 bits per heavy atom. The number of rotatable bonds is 3. The first-order valence-electron chi connectivity index (χ1n) is 8.13. The normalized spacial score (nSPS) is 11.7. The summed E-state index contributed by atoms with van der Waals surface area (Å²) in [6, 6.07) is 15.9. The summed E-state index contributed by atoms with van der Waals surface area (Å²) in [5.74, 6) is -0.275. The molecule has 1 aromatic heterocycles. The Bertz CT molecular complexity index is 1360. The fourth-order valence-corrected chi connectivity index (χ4v) is 4.34. The van der Waals surface area contributed by atoms with Crippen LogP contribution in [-0.4, -0.2) is 13.5 Å². The molecule has 4 rings (SSSR count). The first-order chi connectivity index (χ1) is 12.8. The van der Waals surface area contributed by atoms with E-state index in [1.807, 2.05) is 19.1 Å². The molecule has 0 aliphatic heterocycles. The number of nitrogens with one attached hydrogen (secondary N) is 1. The number of aromatic hydroxyl groups is 1. The largest absolute Gasteiger partial charge is 0.507 e. The molecule has 0 unspecified atom stereocenters. The molecule has 136 valence electrons. The summed E-state index contributed by atoms with van der Waals surface area (Å²) in [6.07, 6.45) is 0. The Labute approximate surface area is 154 Å². The van der Waals surface area contributed by atoms with E-state index in [9.17, 15) is 18.3 Å². The van der Waals surface area contributed by atoms with Gasteiger partial charge in [-0.2, -0.15) is 0 Å². The lowest BCUT2D eigenvalue weighted by Crippen LogP contribution is -2.13. The molecular formula is C20H15NO5S. The molecule has 0 saturated heterocycles. The minimum Gasteiger partial charge on any atom is -0.507 e. The Morgan fingerprint density at radius 3 is 2.44 bits per heavy atom. The lowest BCUT2D eigenvalue weighted by molar-refractivity contribution is 0.468. The van der Waals surface area contributed by atoms with Crippen molar-refractivity contribution in [2.24, 2.45) is 0 Å². The van der Waals surface area contributed by atoms with Gasteiger partial charge < -0.3 is 9.52 Å². The molecule has 0 atom stereocenters. The molecule has 0 bridgehead atoms. The molecule has 27 heavy (non-hydrogen) atoms. The lowest BCUT2D eigenvalue weighted by atomic mass is 10.1. The smallest absolute Gasteiger partial charge is 0.339 e. The van der Waals surface area contributed by atoms with Crippen LogP contribution in [0.4, 0.5) is 5.69 Å². The Balaban J connectivity index is 1.82. The number of sulfonamides is 1. The highest BCUT2D eigenvalue weighted by molar-refractivity contribution is 7.93. The van der Waals surface area contributed by atoms with Gasteiger partial charge in [-0.25, -0.2) is 13.2 Å². The van der Waals surface area contributed by atoms with Crippen LogP contribution in [0.25, 0.3) is 21.7 Å². The Kier molecular flexibility index (Phi) is 3.89. The zero-order valence-electron chi connectivity index (χ0n) is 14.3. The SMILES string of the molecule is Cc1ccc(S(=O)(=O)Nc2ccc3oc(=O)cc(O)c3c2)c2ccccc12. The zero-order valence-corrected chi connectivity index (χ0v) is 15.1. The van der Waals surface area contributed by atoms with Crippen molar-refractivity contribution in [2.45, 2.75) is 11.8 Å². The highest BCUT2D eigenvalue weighted by atomic mass is 32.2. The first-order valence-corrected chi connectivity index (χ1v) is 9.61. The lowest BCUT2D eigenvalue weighted by Gasteiger charge is -2.12. The third-order valence-corrected chi connectivity index (χ3v) is 5.80. The molecular weight excluding hydrogens is 366 g/mol. The van der Waals surface area contributed by atoms with Crippen LogP contribution in [0.2, 0.25) is 0 Å². The van der Waals surface area contributed by atoms with Gasteiger partial charge >= 0.3 is 5.63 Å². The minimum atomic E-state index is -3.87. The molecule has 4 aromatic rings. The van der Waals surface area contributed by atoms with E-state index in [0.717, 1.165) is 17.0 Å². The fourth-order valence-electron chi connectivity index (χ4n) is 3.08. The Morgan fingerprint density at radius 1 is 0.926 bits per heavy atom. The second kappa shape index (κ2) is 6.14. The summed E-state index contributed by atoms with van der Waals surface area (Å²) in [4.78, 5) is 11.5. The average molecular weight is 381 g/mol. The maximum atomic E-state index is 13.0. The van der Waals surface area contributed by atoms with Gasteiger partial charge in [-0.3, -0.25) is 4.72 Å². The maximum absolute atomic E-state index is 13.0. The van der Waals surface area contributed by atoms with Gasteiger partial charge in [0.15, 0.2) is 0 Å². The summed E-state index contributed by atoms with van der Waals surface area (Å²) < 4.78 is 33.4. The van der Waals surface area contributed by atoms with Crippen molar-refractivity contribution in [1.82, 2.24) is 0 Å². The van der Waals surface area contributed by atoms with Crippen molar-refractivity contribution in [2.75, 3.05) is 4.72 Å². The second-order valence-electron chi connectivity index (χ2n) is 6.19. The van der Waals surface area contributed by atoms with Gasteiger partial charge in [0.1, 0.15) is 11.3 Å². The van der Waals surface area contributed by atoms with Crippen molar-refractivity contribution in [3.63, 3.8) is 0 Å². The number of fused-ring (bicyclic) bond motifs is 2. The summed E-state index contributed by atoms with van der Waals surface area (Å²) in [5.41, 5.74) is 0.717. The fraction of sp³-hybridized carbons (Fsp3) is 0.0500. The van der Waals surface area contributed by atoms with E-state index < -0.39 is 15.6 Å². The molecule has 0 saturated carbocycles. The van der Waals surface area contributed by atoms with E-state index in [1.54, 1.807) is 24.3 Å². The van der Waals surface area contributed by atoms with E-state index in [-0.39, 0.29) is 27.3 Å². The quantitative estimate of drug-likeness (QED) is 0.527. The van der Waals surface area contributed by atoms with Crippen LogP contribution >= 0.6 is 0 Å². The number of aryl methyl sites for hydroxylation is 1. The zero-order chi connectivity index (χ0) is 19.2. The average Bonchev–Trinajstić information content (AvgIpc) is 2.62. The molecule has 0 radical (unpaired) electrons. The molecule has 0 spiro atoms. The number of benzene rings is 3. The van der Waals surface area contributed by atoms with Crippen LogP contribution in [-0.2, 0) is 10.0 Å². The van der Waals surface area contributed by atoms with Gasteiger partial charge in [-0.1, -0.05) is 30.3 Å². The number of hydrogen-bond acceptors (Lipinski definition) is 5. The van der Waals surface area contributed by atoms with E-state index in [4.69, 9.17) is 4.42 Å². The first kappa shape index (κ1) is 17.1. The van der Waals surface area contributed by atoms with E-state index >= 15 is 0 Å². The molecule has 1 heterocycles. The second-order valence-corrected chi connectivity index (χ2v) is 7.84. The summed E-state index contributed by atoms with van der Waals surface area (Å²) in [6.45, 7) is 1.92.